The lowest BCUT2D eigenvalue weighted by Gasteiger charge is -2.14. The predicted octanol–water partition coefficient (Wildman–Crippen LogP) is 3.47. The van der Waals surface area contributed by atoms with Gasteiger partial charge in [-0.1, -0.05) is 25.4 Å². The molecule has 1 atom stereocenters. The molecule has 146 valence electrons. The maximum absolute atomic E-state index is 12.5. The third-order valence-corrected chi connectivity index (χ3v) is 3.11. The van der Waals surface area contributed by atoms with Gasteiger partial charge >= 0.3 is 6.18 Å². The van der Waals surface area contributed by atoms with E-state index in [0.29, 0.717) is 18.5 Å². The van der Waals surface area contributed by atoms with E-state index < -0.39 is 17.8 Å². The summed E-state index contributed by atoms with van der Waals surface area (Å²) >= 11 is 5.69. The van der Waals surface area contributed by atoms with E-state index in [0.717, 1.165) is 6.07 Å². The summed E-state index contributed by atoms with van der Waals surface area (Å²) in [4.78, 5) is 15.2. The Hall–Kier alpha value is -0.960. The molecule has 1 heterocycles. The van der Waals surface area contributed by atoms with Gasteiger partial charge in [-0.05, 0) is 18.4 Å². The molecule has 0 radical (unpaired) electrons. The Labute approximate surface area is 161 Å². The summed E-state index contributed by atoms with van der Waals surface area (Å²) in [6.45, 7) is 4.06. The highest BCUT2D eigenvalue weighted by Gasteiger charge is 2.31. The van der Waals surface area contributed by atoms with Crippen molar-refractivity contribution >= 4 is 42.3 Å². The molecule has 0 spiro atoms. The van der Waals surface area contributed by atoms with Gasteiger partial charge < -0.3 is 15.8 Å². The Bertz CT molecular complexity index is 546. The van der Waals surface area contributed by atoms with Crippen LogP contribution in [0.15, 0.2) is 12.3 Å². The van der Waals surface area contributed by atoms with E-state index in [1.54, 1.807) is 0 Å². The number of nitrogens with one attached hydrogen (secondary N) is 1. The Balaban J connectivity index is 0. The number of amides is 1. The second kappa shape index (κ2) is 11.6. The molecular weight excluding hydrogens is 406 g/mol. The lowest BCUT2D eigenvalue weighted by atomic mass is 10.0. The quantitative estimate of drug-likeness (QED) is 0.655. The molecule has 0 saturated carbocycles. The van der Waals surface area contributed by atoms with Crippen molar-refractivity contribution in [2.75, 3.05) is 13.2 Å². The molecule has 0 aromatic carbocycles. The van der Waals surface area contributed by atoms with E-state index in [1.807, 2.05) is 13.8 Å². The zero-order valence-corrected chi connectivity index (χ0v) is 16.0. The number of aromatic nitrogens is 1. The molecule has 1 aromatic heterocycles. The molecule has 0 aliphatic carbocycles. The number of hydrogen-bond acceptors (Lipinski definition) is 4. The Kier molecular flexibility index (Phi) is 12.2. The summed E-state index contributed by atoms with van der Waals surface area (Å²) < 4.78 is 42.5. The first-order chi connectivity index (χ1) is 10.6. The number of pyridine rings is 1. The summed E-state index contributed by atoms with van der Waals surface area (Å²) in [6, 6.07) is 0.129. The first-order valence-corrected chi connectivity index (χ1v) is 7.38. The molecule has 3 N–H and O–H groups in total. The summed E-state index contributed by atoms with van der Waals surface area (Å²) in [5.41, 5.74) is 4.74. The van der Waals surface area contributed by atoms with Gasteiger partial charge in [0.05, 0.1) is 18.2 Å². The minimum Gasteiger partial charge on any atom is -0.475 e. The van der Waals surface area contributed by atoms with E-state index in [1.165, 1.54) is 0 Å². The Morgan fingerprint density at radius 3 is 2.48 bits per heavy atom. The molecule has 0 saturated heterocycles. The van der Waals surface area contributed by atoms with Crippen molar-refractivity contribution in [1.29, 1.82) is 0 Å². The number of rotatable bonds is 7. The van der Waals surface area contributed by atoms with Crippen LogP contribution >= 0.6 is 36.4 Å². The van der Waals surface area contributed by atoms with Crippen molar-refractivity contribution in [3.05, 3.63) is 22.8 Å². The summed E-state index contributed by atoms with van der Waals surface area (Å²) in [6.07, 6.45) is -3.33. The molecule has 1 amide bonds. The molecule has 0 aliphatic rings. The summed E-state index contributed by atoms with van der Waals surface area (Å²) in [5.74, 6) is -0.142. The predicted molar refractivity (Wildman–Crippen MR) is 94.7 cm³/mol. The van der Waals surface area contributed by atoms with Crippen molar-refractivity contribution in [3.63, 3.8) is 0 Å². The van der Waals surface area contributed by atoms with Gasteiger partial charge in [0.25, 0.3) is 0 Å². The largest absolute Gasteiger partial charge is 0.475 e. The summed E-state index contributed by atoms with van der Waals surface area (Å²) in [5, 5.41) is 2.33. The van der Waals surface area contributed by atoms with Gasteiger partial charge in [0.1, 0.15) is 11.6 Å². The lowest BCUT2D eigenvalue weighted by molar-refractivity contribution is -0.137. The van der Waals surface area contributed by atoms with Gasteiger partial charge in [-0.2, -0.15) is 13.2 Å². The number of hydrogen-bond donors (Lipinski definition) is 2. The van der Waals surface area contributed by atoms with Crippen molar-refractivity contribution < 1.29 is 22.7 Å². The van der Waals surface area contributed by atoms with E-state index in [9.17, 15) is 18.0 Å². The van der Waals surface area contributed by atoms with Crippen molar-refractivity contribution in [3.8, 4) is 5.88 Å². The average molecular weight is 427 g/mol. The normalized spacial score (nSPS) is 12.0. The van der Waals surface area contributed by atoms with Crippen LogP contribution in [0.4, 0.5) is 13.2 Å². The fourth-order valence-corrected chi connectivity index (χ4v) is 1.98. The molecule has 0 fully saturated rings. The smallest absolute Gasteiger partial charge is 0.417 e. The van der Waals surface area contributed by atoms with E-state index in [2.05, 4.69) is 10.3 Å². The molecule has 11 heteroatoms. The maximum atomic E-state index is 12.5. The fraction of sp³-hybridized carbons (Fsp3) is 0.571. The van der Waals surface area contributed by atoms with Gasteiger partial charge in [-0.3, -0.25) is 4.79 Å². The highest BCUT2D eigenvalue weighted by Crippen LogP contribution is 2.32. The molecule has 5 nitrogen and oxygen atoms in total. The zero-order chi connectivity index (χ0) is 17.6. The third kappa shape index (κ3) is 9.34. The van der Waals surface area contributed by atoms with Crippen LogP contribution in [0.2, 0.25) is 5.02 Å². The van der Waals surface area contributed by atoms with Gasteiger partial charge in [-0.15, -0.1) is 24.8 Å². The SMILES string of the molecule is CC(C)C[C@H](N)C(=O)NCCOc1ncc(C(F)(F)F)cc1Cl.Cl.Cl. The lowest BCUT2D eigenvalue weighted by Crippen LogP contribution is -2.42. The molecule has 0 bridgehead atoms. The minimum atomic E-state index is -4.52. The van der Waals surface area contributed by atoms with Gasteiger partial charge in [-0.25, -0.2) is 4.98 Å². The fourth-order valence-electron chi connectivity index (χ4n) is 1.75. The first kappa shape index (κ1) is 26.3. The van der Waals surface area contributed by atoms with Crippen LogP contribution in [0.25, 0.3) is 0 Å². The number of halogens is 6. The monoisotopic (exact) mass is 425 g/mol. The standard InChI is InChI=1S/C14H19ClF3N3O2.2ClH/c1-8(2)5-11(19)12(22)20-3-4-23-13-10(15)6-9(7-21-13)14(16,17)18;;/h6-8,11H,3-5,19H2,1-2H3,(H,20,22);2*1H/t11-;;/m0../s1. The Morgan fingerprint density at radius 2 is 2.00 bits per heavy atom. The van der Waals surface area contributed by atoms with Gasteiger partial charge in [0.15, 0.2) is 0 Å². The van der Waals surface area contributed by atoms with E-state index in [4.69, 9.17) is 22.1 Å². The molecule has 0 unspecified atom stereocenters. The van der Waals surface area contributed by atoms with Crippen LogP contribution in [0, 0.1) is 5.92 Å². The number of nitrogens with zero attached hydrogens (tertiary/aromatic N) is 1. The van der Waals surface area contributed by atoms with Crippen LogP contribution in [0.1, 0.15) is 25.8 Å². The Morgan fingerprint density at radius 1 is 1.40 bits per heavy atom. The molecule has 1 aromatic rings. The summed E-state index contributed by atoms with van der Waals surface area (Å²) in [7, 11) is 0. The van der Waals surface area contributed by atoms with Crippen molar-refractivity contribution in [1.82, 2.24) is 10.3 Å². The van der Waals surface area contributed by atoms with Gasteiger partial charge in [0, 0.05) is 6.20 Å². The first-order valence-electron chi connectivity index (χ1n) is 7.00. The molecule has 1 rings (SSSR count). The van der Waals surface area contributed by atoms with E-state index >= 15 is 0 Å². The molecule has 0 aliphatic heterocycles. The average Bonchev–Trinajstić information content (AvgIpc) is 2.42. The number of alkyl halides is 3. The van der Waals surface area contributed by atoms with Crippen LogP contribution in [-0.4, -0.2) is 30.1 Å². The van der Waals surface area contributed by atoms with Crippen LogP contribution < -0.4 is 15.8 Å². The second-order valence-corrected chi connectivity index (χ2v) is 5.79. The van der Waals surface area contributed by atoms with Crippen LogP contribution in [0.3, 0.4) is 0 Å². The van der Waals surface area contributed by atoms with Gasteiger partial charge in [0.2, 0.25) is 11.8 Å². The maximum Gasteiger partial charge on any atom is 0.417 e. The number of carbonyl (C=O) groups is 1. The minimum absolute atomic E-state index is 0. The number of carbonyl (C=O) groups excluding carboxylic acids is 1. The van der Waals surface area contributed by atoms with Crippen molar-refractivity contribution in [2.24, 2.45) is 11.7 Å². The molecular formula is C14H21Cl3F3N3O2. The third-order valence-electron chi connectivity index (χ3n) is 2.84. The number of ether oxygens (including phenoxy) is 1. The van der Waals surface area contributed by atoms with E-state index in [-0.39, 0.29) is 54.8 Å². The number of nitrogens with two attached hydrogens (primary N) is 1. The molecule has 25 heavy (non-hydrogen) atoms. The highest BCUT2D eigenvalue weighted by molar-refractivity contribution is 6.31. The van der Waals surface area contributed by atoms with Crippen LogP contribution in [0.5, 0.6) is 5.88 Å². The second-order valence-electron chi connectivity index (χ2n) is 5.38. The topological polar surface area (TPSA) is 77.2 Å². The zero-order valence-electron chi connectivity index (χ0n) is 13.6. The highest BCUT2D eigenvalue weighted by atomic mass is 35.5. The van der Waals surface area contributed by atoms with Crippen LogP contribution in [-0.2, 0) is 11.0 Å². The van der Waals surface area contributed by atoms with Crippen molar-refractivity contribution in [2.45, 2.75) is 32.5 Å².